The molecular formula is C24H46O5. The first-order valence-electron chi connectivity index (χ1n) is 11.0. The molecule has 0 aromatic carbocycles. The number of ether oxygens (including phenoxy) is 3. The van der Waals surface area contributed by atoms with Gasteiger partial charge >= 0.3 is 11.9 Å². The molecule has 0 fully saturated rings. The third-order valence-corrected chi connectivity index (χ3v) is 4.58. The standard InChI is InChI=1S/C24H46O5/c1-21(2,3)28-19(25)23(7,8)15-11-13-17-27-18-14-12-16-24(9,10)20(26)29-22(4,5)6/h11-18H2,1-10H3. The molecule has 0 aliphatic rings. The van der Waals surface area contributed by atoms with Crippen LogP contribution in [0.25, 0.3) is 0 Å². The molecule has 0 unspecified atom stereocenters. The average Bonchev–Trinajstić information content (AvgIpc) is 2.49. The monoisotopic (exact) mass is 414 g/mol. The first-order chi connectivity index (χ1) is 13.0. The van der Waals surface area contributed by atoms with E-state index in [1.54, 1.807) is 0 Å². The largest absolute Gasteiger partial charge is 0.460 e. The molecule has 29 heavy (non-hydrogen) atoms. The summed E-state index contributed by atoms with van der Waals surface area (Å²) in [7, 11) is 0. The van der Waals surface area contributed by atoms with E-state index in [9.17, 15) is 9.59 Å². The maximum atomic E-state index is 12.2. The first-order valence-corrected chi connectivity index (χ1v) is 11.0. The summed E-state index contributed by atoms with van der Waals surface area (Å²) in [5, 5.41) is 0. The predicted molar refractivity (Wildman–Crippen MR) is 118 cm³/mol. The van der Waals surface area contributed by atoms with Gasteiger partial charge in [-0.25, -0.2) is 0 Å². The highest BCUT2D eigenvalue weighted by molar-refractivity contribution is 5.76. The molecule has 0 spiro atoms. The van der Waals surface area contributed by atoms with Gasteiger partial charge in [0, 0.05) is 13.2 Å². The molecule has 0 heterocycles. The Balaban J connectivity index is 3.91. The van der Waals surface area contributed by atoms with Gasteiger partial charge < -0.3 is 14.2 Å². The third kappa shape index (κ3) is 13.7. The molecule has 0 saturated heterocycles. The molecule has 0 rings (SSSR count). The van der Waals surface area contributed by atoms with Gasteiger partial charge in [-0.1, -0.05) is 12.8 Å². The Labute approximate surface area is 179 Å². The molecule has 0 aromatic rings. The van der Waals surface area contributed by atoms with Crippen LogP contribution in [0, 0.1) is 10.8 Å². The summed E-state index contributed by atoms with van der Waals surface area (Å²) >= 11 is 0. The summed E-state index contributed by atoms with van der Waals surface area (Å²) in [4.78, 5) is 24.5. The van der Waals surface area contributed by atoms with Gasteiger partial charge in [0.15, 0.2) is 0 Å². The van der Waals surface area contributed by atoms with Gasteiger partial charge in [-0.2, -0.15) is 0 Å². The van der Waals surface area contributed by atoms with Crippen LogP contribution >= 0.6 is 0 Å². The zero-order chi connectivity index (χ0) is 22.9. The molecule has 0 atom stereocenters. The van der Waals surface area contributed by atoms with Crippen LogP contribution < -0.4 is 0 Å². The van der Waals surface area contributed by atoms with E-state index in [-0.39, 0.29) is 11.9 Å². The van der Waals surface area contributed by atoms with Crippen molar-refractivity contribution >= 4 is 11.9 Å². The van der Waals surface area contributed by atoms with Crippen molar-refractivity contribution in [2.24, 2.45) is 10.8 Å². The van der Waals surface area contributed by atoms with E-state index in [1.165, 1.54) is 0 Å². The molecule has 172 valence electrons. The molecule has 0 aliphatic heterocycles. The lowest BCUT2D eigenvalue weighted by atomic mass is 9.87. The Hall–Kier alpha value is -1.10. The second-order valence-electron chi connectivity index (χ2n) is 11.3. The maximum Gasteiger partial charge on any atom is 0.312 e. The lowest BCUT2D eigenvalue weighted by Crippen LogP contribution is -2.33. The van der Waals surface area contributed by atoms with Gasteiger partial charge in [-0.3, -0.25) is 9.59 Å². The van der Waals surface area contributed by atoms with Crippen LogP contribution in [0.5, 0.6) is 0 Å². The molecule has 0 N–H and O–H groups in total. The number of hydrogen-bond acceptors (Lipinski definition) is 5. The second kappa shape index (κ2) is 11.3. The van der Waals surface area contributed by atoms with Gasteiger partial charge in [-0.15, -0.1) is 0 Å². The number of esters is 2. The number of unbranched alkanes of at least 4 members (excludes halogenated alkanes) is 2. The number of rotatable bonds is 12. The van der Waals surface area contributed by atoms with Gasteiger partial charge in [0.25, 0.3) is 0 Å². The van der Waals surface area contributed by atoms with Crippen LogP contribution in [0.4, 0.5) is 0 Å². The molecule has 5 nitrogen and oxygen atoms in total. The van der Waals surface area contributed by atoms with Crippen LogP contribution in [0.2, 0.25) is 0 Å². The molecule has 0 saturated carbocycles. The quantitative estimate of drug-likeness (QED) is 0.286. The minimum absolute atomic E-state index is 0.140. The van der Waals surface area contributed by atoms with Crippen molar-refractivity contribution in [2.75, 3.05) is 13.2 Å². The molecular weight excluding hydrogens is 368 g/mol. The fourth-order valence-electron chi connectivity index (χ4n) is 2.68. The van der Waals surface area contributed by atoms with Crippen molar-refractivity contribution < 1.29 is 23.8 Å². The van der Waals surface area contributed by atoms with Crippen LogP contribution in [0.1, 0.15) is 108 Å². The fourth-order valence-corrected chi connectivity index (χ4v) is 2.68. The van der Waals surface area contributed by atoms with Crippen molar-refractivity contribution in [3.63, 3.8) is 0 Å². The average molecular weight is 415 g/mol. The zero-order valence-electron chi connectivity index (χ0n) is 20.7. The predicted octanol–water partition coefficient (Wildman–Crippen LogP) is 6.08. The Bertz CT molecular complexity index is 460. The molecule has 0 aliphatic carbocycles. The highest BCUT2D eigenvalue weighted by Crippen LogP contribution is 2.28. The molecule has 0 aromatic heterocycles. The molecule has 0 bridgehead atoms. The highest BCUT2D eigenvalue weighted by Gasteiger charge is 2.32. The van der Waals surface area contributed by atoms with E-state index in [1.807, 2.05) is 69.2 Å². The van der Waals surface area contributed by atoms with Crippen molar-refractivity contribution in [3.8, 4) is 0 Å². The van der Waals surface area contributed by atoms with Crippen LogP contribution in [0.3, 0.4) is 0 Å². The Morgan fingerprint density at radius 3 is 1.14 bits per heavy atom. The smallest absolute Gasteiger partial charge is 0.312 e. The number of carbonyl (C=O) groups is 2. The number of hydrogen-bond donors (Lipinski definition) is 0. The zero-order valence-corrected chi connectivity index (χ0v) is 20.7. The van der Waals surface area contributed by atoms with Gasteiger partial charge in [-0.05, 0) is 94.9 Å². The summed E-state index contributed by atoms with van der Waals surface area (Å²) in [6, 6.07) is 0. The molecule has 5 heteroatoms. The maximum absolute atomic E-state index is 12.2. The Morgan fingerprint density at radius 1 is 0.552 bits per heavy atom. The van der Waals surface area contributed by atoms with Crippen molar-refractivity contribution in [1.82, 2.24) is 0 Å². The summed E-state index contributed by atoms with van der Waals surface area (Å²) in [5.74, 6) is -0.281. The fraction of sp³-hybridized carbons (Fsp3) is 0.917. The van der Waals surface area contributed by atoms with Crippen molar-refractivity contribution in [3.05, 3.63) is 0 Å². The normalized spacial score (nSPS) is 13.3. The number of carbonyl (C=O) groups excluding carboxylic acids is 2. The Morgan fingerprint density at radius 2 is 0.862 bits per heavy atom. The van der Waals surface area contributed by atoms with E-state index in [0.29, 0.717) is 13.2 Å². The van der Waals surface area contributed by atoms with E-state index in [0.717, 1.165) is 38.5 Å². The Kier molecular flexibility index (Phi) is 10.9. The summed E-state index contributed by atoms with van der Waals surface area (Å²) in [6.07, 6.45) is 5.28. The minimum atomic E-state index is -0.472. The molecule has 0 radical (unpaired) electrons. The van der Waals surface area contributed by atoms with E-state index < -0.39 is 22.0 Å². The van der Waals surface area contributed by atoms with Crippen LogP contribution in [-0.4, -0.2) is 36.4 Å². The van der Waals surface area contributed by atoms with Crippen LogP contribution in [-0.2, 0) is 23.8 Å². The third-order valence-electron chi connectivity index (χ3n) is 4.58. The van der Waals surface area contributed by atoms with Gasteiger partial charge in [0.2, 0.25) is 0 Å². The summed E-state index contributed by atoms with van der Waals surface area (Å²) < 4.78 is 16.7. The van der Waals surface area contributed by atoms with E-state index in [2.05, 4.69) is 0 Å². The van der Waals surface area contributed by atoms with Gasteiger partial charge in [0.05, 0.1) is 10.8 Å². The topological polar surface area (TPSA) is 61.8 Å². The van der Waals surface area contributed by atoms with E-state index in [4.69, 9.17) is 14.2 Å². The highest BCUT2D eigenvalue weighted by atomic mass is 16.6. The van der Waals surface area contributed by atoms with E-state index >= 15 is 0 Å². The summed E-state index contributed by atoms with van der Waals surface area (Å²) in [5.41, 5.74) is -1.84. The lowest BCUT2D eigenvalue weighted by molar-refractivity contribution is -0.167. The first kappa shape index (κ1) is 27.9. The molecule has 0 amide bonds. The summed E-state index contributed by atoms with van der Waals surface area (Å²) in [6.45, 7) is 20.5. The lowest BCUT2D eigenvalue weighted by Gasteiger charge is -2.28. The SMILES string of the molecule is CC(C)(C)OC(=O)C(C)(C)CCCCOCCCCC(C)(C)C(=O)OC(C)(C)C. The minimum Gasteiger partial charge on any atom is -0.460 e. The van der Waals surface area contributed by atoms with Crippen LogP contribution in [0.15, 0.2) is 0 Å². The van der Waals surface area contributed by atoms with Crippen molar-refractivity contribution in [1.29, 1.82) is 0 Å². The van der Waals surface area contributed by atoms with Gasteiger partial charge in [0.1, 0.15) is 11.2 Å². The second-order valence-corrected chi connectivity index (χ2v) is 11.3. The van der Waals surface area contributed by atoms with Crippen molar-refractivity contribution in [2.45, 2.75) is 119 Å².